The standard InChI is InChI=1S/C11H18N4O4/c1-2-19-7-3-4-10(16)12-5-6-15-8-9(11(17)18)13-14-15/h8H,2-7H2,1H3,(H,12,16)(H,17,18). The van der Waals surface area contributed by atoms with E-state index >= 15 is 0 Å². The third-order valence-electron chi connectivity index (χ3n) is 2.32. The summed E-state index contributed by atoms with van der Waals surface area (Å²) >= 11 is 0. The van der Waals surface area contributed by atoms with Crippen molar-refractivity contribution >= 4 is 11.9 Å². The van der Waals surface area contributed by atoms with Crippen LogP contribution in [0.4, 0.5) is 0 Å². The number of aromatic nitrogens is 3. The molecule has 1 amide bonds. The van der Waals surface area contributed by atoms with Gasteiger partial charge in [-0.05, 0) is 13.3 Å². The van der Waals surface area contributed by atoms with Crippen LogP contribution >= 0.6 is 0 Å². The van der Waals surface area contributed by atoms with Gasteiger partial charge in [0.05, 0.1) is 12.7 Å². The highest BCUT2D eigenvalue weighted by atomic mass is 16.5. The van der Waals surface area contributed by atoms with Crippen molar-refractivity contribution in [1.82, 2.24) is 20.3 Å². The predicted octanol–water partition coefficient (Wildman–Crippen LogP) is -0.0908. The SMILES string of the molecule is CCOCCCC(=O)NCCn1cc(C(=O)O)nn1. The van der Waals surface area contributed by atoms with E-state index in [9.17, 15) is 9.59 Å². The largest absolute Gasteiger partial charge is 0.476 e. The first-order chi connectivity index (χ1) is 9.13. The fourth-order valence-electron chi connectivity index (χ4n) is 1.38. The van der Waals surface area contributed by atoms with E-state index in [4.69, 9.17) is 9.84 Å². The zero-order valence-electron chi connectivity index (χ0n) is 10.8. The van der Waals surface area contributed by atoms with Crippen molar-refractivity contribution in [1.29, 1.82) is 0 Å². The lowest BCUT2D eigenvalue weighted by atomic mass is 10.3. The third-order valence-corrected chi connectivity index (χ3v) is 2.32. The van der Waals surface area contributed by atoms with Crippen molar-refractivity contribution in [3.63, 3.8) is 0 Å². The fourth-order valence-corrected chi connectivity index (χ4v) is 1.38. The lowest BCUT2D eigenvalue weighted by molar-refractivity contribution is -0.121. The van der Waals surface area contributed by atoms with Crippen LogP contribution in [0.3, 0.4) is 0 Å². The Morgan fingerprint density at radius 1 is 1.53 bits per heavy atom. The highest BCUT2D eigenvalue weighted by Crippen LogP contribution is 1.93. The summed E-state index contributed by atoms with van der Waals surface area (Å²) in [7, 11) is 0. The van der Waals surface area contributed by atoms with Gasteiger partial charge in [-0.15, -0.1) is 5.10 Å². The number of carboxylic acid groups (broad SMARTS) is 1. The number of nitrogens with zero attached hydrogens (tertiary/aromatic N) is 3. The minimum absolute atomic E-state index is 0.0572. The number of carboxylic acids is 1. The summed E-state index contributed by atoms with van der Waals surface area (Å²) in [6.07, 6.45) is 2.42. The smallest absolute Gasteiger partial charge is 0.358 e. The molecule has 0 aliphatic rings. The molecule has 0 aliphatic carbocycles. The number of hydrogen-bond acceptors (Lipinski definition) is 5. The molecule has 0 aromatic carbocycles. The van der Waals surface area contributed by atoms with E-state index in [0.29, 0.717) is 39.1 Å². The van der Waals surface area contributed by atoms with Gasteiger partial charge in [0.2, 0.25) is 5.91 Å². The molecule has 1 aromatic rings. The summed E-state index contributed by atoms with van der Waals surface area (Å²) in [4.78, 5) is 22.0. The van der Waals surface area contributed by atoms with E-state index in [1.807, 2.05) is 6.92 Å². The van der Waals surface area contributed by atoms with Gasteiger partial charge in [0.25, 0.3) is 0 Å². The summed E-state index contributed by atoms with van der Waals surface area (Å²) in [5, 5.41) is 18.5. The monoisotopic (exact) mass is 270 g/mol. The summed E-state index contributed by atoms with van der Waals surface area (Å²) in [5.74, 6) is -1.18. The van der Waals surface area contributed by atoms with Gasteiger partial charge in [0.1, 0.15) is 0 Å². The van der Waals surface area contributed by atoms with Crippen LogP contribution in [0.1, 0.15) is 30.3 Å². The normalized spacial score (nSPS) is 10.4. The van der Waals surface area contributed by atoms with Gasteiger partial charge >= 0.3 is 5.97 Å². The van der Waals surface area contributed by atoms with Gasteiger partial charge in [0.15, 0.2) is 5.69 Å². The van der Waals surface area contributed by atoms with Gasteiger partial charge in [-0.1, -0.05) is 5.21 Å². The molecule has 19 heavy (non-hydrogen) atoms. The second kappa shape index (κ2) is 8.20. The van der Waals surface area contributed by atoms with E-state index in [0.717, 1.165) is 0 Å². The van der Waals surface area contributed by atoms with E-state index in [1.54, 1.807) is 0 Å². The van der Waals surface area contributed by atoms with Crippen LogP contribution in [0, 0.1) is 0 Å². The summed E-state index contributed by atoms with van der Waals surface area (Å²) < 4.78 is 6.50. The molecule has 0 bridgehead atoms. The molecule has 0 saturated heterocycles. The first-order valence-corrected chi connectivity index (χ1v) is 6.11. The molecular formula is C11H18N4O4. The maximum absolute atomic E-state index is 11.4. The quantitative estimate of drug-likeness (QED) is 0.607. The molecule has 106 valence electrons. The number of amides is 1. The van der Waals surface area contributed by atoms with Crippen LogP contribution in [0.5, 0.6) is 0 Å². The number of hydrogen-bond donors (Lipinski definition) is 2. The Kier molecular flexibility index (Phi) is 6.51. The molecule has 0 spiro atoms. The zero-order chi connectivity index (χ0) is 14.1. The Morgan fingerprint density at radius 3 is 2.95 bits per heavy atom. The van der Waals surface area contributed by atoms with Gasteiger partial charge in [-0.25, -0.2) is 9.48 Å². The lowest BCUT2D eigenvalue weighted by Crippen LogP contribution is -2.27. The number of ether oxygens (including phenoxy) is 1. The van der Waals surface area contributed by atoms with Crippen LogP contribution in [-0.4, -0.2) is 51.7 Å². The zero-order valence-corrected chi connectivity index (χ0v) is 10.8. The number of rotatable bonds is 9. The van der Waals surface area contributed by atoms with Crippen molar-refractivity contribution in [3.05, 3.63) is 11.9 Å². The Balaban J connectivity index is 2.15. The second-order valence-electron chi connectivity index (χ2n) is 3.82. The number of carbonyl (C=O) groups is 2. The average molecular weight is 270 g/mol. The Hall–Kier alpha value is -1.96. The van der Waals surface area contributed by atoms with E-state index in [1.165, 1.54) is 10.9 Å². The summed E-state index contributed by atoms with van der Waals surface area (Å²) in [6.45, 7) is 3.91. The van der Waals surface area contributed by atoms with Crippen LogP contribution in [0.15, 0.2) is 6.20 Å². The maximum atomic E-state index is 11.4. The molecule has 0 aliphatic heterocycles. The molecular weight excluding hydrogens is 252 g/mol. The van der Waals surface area contributed by atoms with Crippen molar-refractivity contribution in [3.8, 4) is 0 Å². The van der Waals surface area contributed by atoms with Gasteiger partial charge in [0, 0.05) is 26.2 Å². The number of nitrogens with one attached hydrogen (secondary N) is 1. The van der Waals surface area contributed by atoms with Gasteiger partial charge in [-0.3, -0.25) is 4.79 Å². The maximum Gasteiger partial charge on any atom is 0.358 e. The van der Waals surface area contributed by atoms with E-state index in [2.05, 4.69) is 15.6 Å². The molecule has 1 rings (SSSR count). The molecule has 0 saturated carbocycles. The van der Waals surface area contributed by atoms with Crippen molar-refractivity contribution in [2.75, 3.05) is 19.8 Å². The molecule has 8 nitrogen and oxygen atoms in total. The first-order valence-electron chi connectivity index (χ1n) is 6.11. The molecule has 1 aromatic heterocycles. The first kappa shape index (κ1) is 15.1. The minimum atomic E-state index is -1.12. The molecule has 0 radical (unpaired) electrons. The summed E-state index contributed by atoms with van der Waals surface area (Å²) in [5.41, 5.74) is -0.108. The van der Waals surface area contributed by atoms with Crippen molar-refractivity contribution in [2.24, 2.45) is 0 Å². The van der Waals surface area contributed by atoms with Crippen LogP contribution in [0.2, 0.25) is 0 Å². The van der Waals surface area contributed by atoms with E-state index < -0.39 is 5.97 Å². The molecule has 0 atom stereocenters. The molecule has 1 heterocycles. The Morgan fingerprint density at radius 2 is 2.32 bits per heavy atom. The molecule has 8 heteroatoms. The van der Waals surface area contributed by atoms with E-state index in [-0.39, 0.29) is 11.6 Å². The van der Waals surface area contributed by atoms with Crippen LogP contribution < -0.4 is 5.32 Å². The highest BCUT2D eigenvalue weighted by Gasteiger charge is 2.08. The Labute approximate surface area is 110 Å². The van der Waals surface area contributed by atoms with Crippen LogP contribution in [0.25, 0.3) is 0 Å². The van der Waals surface area contributed by atoms with Gasteiger partial charge in [-0.2, -0.15) is 0 Å². The summed E-state index contributed by atoms with van der Waals surface area (Å²) in [6, 6.07) is 0. The fraction of sp³-hybridized carbons (Fsp3) is 0.636. The van der Waals surface area contributed by atoms with Crippen LogP contribution in [-0.2, 0) is 16.1 Å². The predicted molar refractivity (Wildman–Crippen MR) is 65.7 cm³/mol. The second-order valence-corrected chi connectivity index (χ2v) is 3.82. The lowest BCUT2D eigenvalue weighted by Gasteiger charge is -2.05. The highest BCUT2D eigenvalue weighted by molar-refractivity contribution is 5.84. The number of aromatic carboxylic acids is 1. The van der Waals surface area contributed by atoms with Crippen molar-refractivity contribution in [2.45, 2.75) is 26.3 Å². The molecule has 0 unspecified atom stereocenters. The number of carbonyl (C=O) groups excluding carboxylic acids is 1. The molecule has 0 fully saturated rings. The average Bonchev–Trinajstić information content (AvgIpc) is 2.84. The Bertz CT molecular complexity index is 419. The third kappa shape index (κ3) is 5.96. The minimum Gasteiger partial charge on any atom is -0.476 e. The topological polar surface area (TPSA) is 106 Å². The van der Waals surface area contributed by atoms with Crippen molar-refractivity contribution < 1.29 is 19.4 Å². The molecule has 2 N–H and O–H groups in total. The van der Waals surface area contributed by atoms with Gasteiger partial charge < -0.3 is 15.2 Å².